The van der Waals surface area contributed by atoms with E-state index >= 15 is 0 Å². The van der Waals surface area contributed by atoms with Crippen LogP contribution in [0, 0.1) is 0 Å². The number of rotatable bonds is 3. The van der Waals surface area contributed by atoms with Crippen molar-refractivity contribution in [2.75, 3.05) is 18.8 Å². The van der Waals surface area contributed by atoms with E-state index in [0.717, 1.165) is 16.6 Å². The molecule has 0 spiro atoms. The molecule has 3 atom stereocenters. The summed E-state index contributed by atoms with van der Waals surface area (Å²) >= 11 is 1.57. The van der Waals surface area contributed by atoms with Crippen LogP contribution in [0.1, 0.15) is 51.8 Å². The summed E-state index contributed by atoms with van der Waals surface area (Å²) in [6.45, 7) is 9.27. The van der Waals surface area contributed by atoms with Gasteiger partial charge in [-0.3, -0.25) is 14.2 Å². The van der Waals surface area contributed by atoms with Crippen molar-refractivity contribution in [3.8, 4) is 0 Å². The Kier molecular flexibility index (Phi) is 5.01. The summed E-state index contributed by atoms with van der Waals surface area (Å²) in [5, 5.41) is 0.743. The molecule has 0 radical (unpaired) electrons. The molecule has 3 heterocycles. The molecule has 1 aromatic rings. The largest absolute Gasteiger partial charge is 0.372 e. The highest BCUT2D eigenvalue weighted by Gasteiger charge is 2.32. The molecule has 0 aromatic carbocycles. The fourth-order valence-corrected chi connectivity index (χ4v) is 4.48. The zero-order valence-corrected chi connectivity index (χ0v) is 15.5. The van der Waals surface area contributed by atoms with Crippen molar-refractivity contribution in [2.45, 2.75) is 63.4 Å². The van der Waals surface area contributed by atoms with Crippen molar-refractivity contribution in [1.82, 2.24) is 14.5 Å². The van der Waals surface area contributed by atoms with Gasteiger partial charge in [0.05, 0.1) is 23.9 Å². The molecule has 3 rings (SSSR count). The Morgan fingerprint density at radius 2 is 2.04 bits per heavy atom. The fourth-order valence-electron chi connectivity index (χ4n) is 3.33. The molecule has 1 aromatic heterocycles. The molecule has 6 nitrogen and oxygen atoms in total. The summed E-state index contributed by atoms with van der Waals surface area (Å²) in [5.41, 5.74) is 0.775. The van der Waals surface area contributed by atoms with Gasteiger partial charge in [0.15, 0.2) is 5.16 Å². The summed E-state index contributed by atoms with van der Waals surface area (Å²) < 4.78 is 7.38. The van der Waals surface area contributed by atoms with E-state index in [9.17, 15) is 9.59 Å². The number of amides is 1. The molecule has 1 amide bonds. The predicted molar refractivity (Wildman–Crippen MR) is 93.6 cm³/mol. The van der Waals surface area contributed by atoms with Gasteiger partial charge in [0, 0.05) is 31.3 Å². The first-order valence-electron chi connectivity index (χ1n) is 8.54. The van der Waals surface area contributed by atoms with Crippen LogP contribution in [-0.2, 0) is 9.53 Å². The molecule has 2 aliphatic rings. The van der Waals surface area contributed by atoms with Crippen LogP contribution in [0.3, 0.4) is 0 Å². The highest BCUT2D eigenvalue weighted by atomic mass is 32.2. The quantitative estimate of drug-likeness (QED) is 0.780. The second kappa shape index (κ2) is 6.88. The number of hydrogen-bond donors (Lipinski definition) is 0. The molecule has 0 bridgehead atoms. The number of morpholine rings is 1. The van der Waals surface area contributed by atoms with Crippen LogP contribution < -0.4 is 5.56 Å². The van der Waals surface area contributed by atoms with Crippen molar-refractivity contribution in [1.29, 1.82) is 0 Å². The number of carbonyl (C=O) groups excluding carboxylic acids is 1. The lowest BCUT2D eigenvalue weighted by molar-refractivity contribution is -0.143. The smallest absolute Gasteiger partial charge is 0.254 e. The SMILES string of the molecule is CC(C)c1cc(=O)n2c(n1)SC[C@@H]2CC(=O)N1C[C@@H](C)O[C@@H](C)C1. The van der Waals surface area contributed by atoms with Crippen LogP contribution in [0.4, 0.5) is 0 Å². The lowest BCUT2D eigenvalue weighted by atomic mass is 10.1. The van der Waals surface area contributed by atoms with E-state index in [-0.39, 0.29) is 35.6 Å². The number of ether oxygens (including phenoxy) is 1. The predicted octanol–water partition coefficient (Wildman–Crippen LogP) is 2.04. The molecule has 0 N–H and O–H groups in total. The zero-order chi connectivity index (χ0) is 17.4. The Hall–Kier alpha value is -1.34. The molecular weight excluding hydrogens is 326 g/mol. The first kappa shape index (κ1) is 17.5. The second-order valence-electron chi connectivity index (χ2n) is 7.05. The van der Waals surface area contributed by atoms with Crippen LogP contribution in [0.25, 0.3) is 0 Å². The van der Waals surface area contributed by atoms with E-state index < -0.39 is 0 Å². The zero-order valence-electron chi connectivity index (χ0n) is 14.7. The van der Waals surface area contributed by atoms with Crippen molar-refractivity contribution < 1.29 is 9.53 Å². The molecule has 1 saturated heterocycles. The van der Waals surface area contributed by atoms with E-state index in [2.05, 4.69) is 4.98 Å². The topological polar surface area (TPSA) is 64.4 Å². The van der Waals surface area contributed by atoms with Gasteiger partial charge in [0.2, 0.25) is 5.91 Å². The Bertz CT molecular complexity index is 678. The van der Waals surface area contributed by atoms with E-state index in [0.29, 0.717) is 19.5 Å². The molecule has 0 saturated carbocycles. The molecular formula is C17H25N3O3S. The molecule has 0 unspecified atom stereocenters. The van der Waals surface area contributed by atoms with E-state index in [1.165, 1.54) is 0 Å². The highest BCUT2D eigenvalue weighted by Crippen LogP contribution is 2.33. The Morgan fingerprint density at radius 3 is 2.67 bits per heavy atom. The van der Waals surface area contributed by atoms with Crippen molar-refractivity contribution in [3.05, 3.63) is 22.1 Å². The second-order valence-corrected chi connectivity index (χ2v) is 8.04. The first-order chi connectivity index (χ1) is 11.3. The summed E-state index contributed by atoms with van der Waals surface area (Å²) in [4.78, 5) is 31.6. The fraction of sp³-hybridized carbons (Fsp3) is 0.706. The maximum Gasteiger partial charge on any atom is 0.254 e. The van der Waals surface area contributed by atoms with Crippen LogP contribution >= 0.6 is 11.8 Å². The number of hydrogen-bond acceptors (Lipinski definition) is 5. The summed E-state index contributed by atoms with van der Waals surface area (Å²) in [6, 6.07) is 1.50. The van der Waals surface area contributed by atoms with E-state index in [1.807, 2.05) is 32.6 Å². The first-order valence-corrected chi connectivity index (χ1v) is 9.53. The summed E-state index contributed by atoms with van der Waals surface area (Å²) in [6.07, 6.45) is 0.462. The normalized spacial score (nSPS) is 26.7. The van der Waals surface area contributed by atoms with Gasteiger partial charge in [-0.2, -0.15) is 0 Å². The average Bonchev–Trinajstić information content (AvgIpc) is 2.89. The minimum atomic E-state index is -0.104. The maximum absolute atomic E-state index is 12.7. The standard InChI is InChI=1S/C17H25N3O3S/c1-10(2)14-6-16(22)20-13(9-24-17(20)18-14)5-15(21)19-7-11(3)23-12(4)8-19/h6,10-13H,5,7-9H2,1-4H3/t11-,12+,13-/m0/s1. The number of carbonyl (C=O) groups is 1. The third-order valence-electron chi connectivity index (χ3n) is 4.48. The van der Waals surface area contributed by atoms with Crippen molar-refractivity contribution in [2.24, 2.45) is 0 Å². The molecule has 132 valence electrons. The molecule has 2 aliphatic heterocycles. The minimum Gasteiger partial charge on any atom is -0.372 e. The van der Waals surface area contributed by atoms with Crippen LogP contribution in [-0.4, -0.2) is 51.4 Å². The minimum absolute atomic E-state index is 0.0461. The third kappa shape index (κ3) is 3.52. The Labute approximate surface area is 146 Å². The molecule has 1 fully saturated rings. The van der Waals surface area contributed by atoms with Crippen LogP contribution in [0.2, 0.25) is 0 Å². The Morgan fingerprint density at radius 1 is 1.38 bits per heavy atom. The third-order valence-corrected chi connectivity index (χ3v) is 5.58. The van der Waals surface area contributed by atoms with Gasteiger partial charge in [-0.1, -0.05) is 25.6 Å². The number of nitrogens with zero attached hydrogens (tertiary/aromatic N) is 3. The Balaban J connectivity index is 1.75. The lowest BCUT2D eigenvalue weighted by Crippen LogP contribution is -2.48. The van der Waals surface area contributed by atoms with Gasteiger partial charge in [0.25, 0.3) is 5.56 Å². The number of aromatic nitrogens is 2. The summed E-state index contributed by atoms with van der Waals surface area (Å²) in [7, 11) is 0. The number of fused-ring (bicyclic) bond motifs is 1. The average molecular weight is 351 g/mol. The van der Waals surface area contributed by atoms with Crippen LogP contribution in [0.5, 0.6) is 0 Å². The molecule has 0 aliphatic carbocycles. The van der Waals surface area contributed by atoms with Gasteiger partial charge < -0.3 is 9.64 Å². The molecule has 7 heteroatoms. The lowest BCUT2D eigenvalue weighted by Gasteiger charge is -2.35. The van der Waals surface area contributed by atoms with Gasteiger partial charge in [-0.25, -0.2) is 4.98 Å². The highest BCUT2D eigenvalue weighted by molar-refractivity contribution is 7.99. The van der Waals surface area contributed by atoms with Crippen LogP contribution in [0.15, 0.2) is 16.0 Å². The van der Waals surface area contributed by atoms with Crippen molar-refractivity contribution >= 4 is 17.7 Å². The summed E-state index contributed by atoms with van der Waals surface area (Å²) in [5.74, 6) is 1.04. The van der Waals surface area contributed by atoms with Gasteiger partial charge >= 0.3 is 0 Å². The van der Waals surface area contributed by atoms with E-state index in [1.54, 1.807) is 22.4 Å². The van der Waals surface area contributed by atoms with E-state index in [4.69, 9.17) is 4.74 Å². The van der Waals surface area contributed by atoms with Gasteiger partial charge in [0.1, 0.15) is 0 Å². The van der Waals surface area contributed by atoms with Gasteiger partial charge in [-0.05, 0) is 19.8 Å². The molecule has 24 heavy (non-hydrogen) atoms. The van der Waals surface area contributed by atoms with Crippen molar-refractivity contribution in [3.63, 3.8) is 0 Å². The number of thioether (sulfide) groups is 1. The maximum atomic E-state index is 12.7. The van der Waals surface area contributed by atoms with Gasteiger partial charge in [-0.15, -0.1) is 0 Å². The monoisotopic (exact) mass is 351 g/mol.